The lowest BCUT2D eigenvalue weighted by molar-refractivity contribution is -0.141. The van der Waals surface area contributed by atoms with Crippen LogP contribution in [-0.4, -0.2) is 41.0 Å². The number of imide groups is 1. The lowest BCUT2D eigenvalue weighted by Gasteiger charge is -2.14. The van der Waals surface area contributed by atoms with Gasteiger partial charge in [-0.2, -0.15) is 0 Å². The predicted octanol–water partition coefficient (Wildman–Crippen LogP) is 0.0818. The quantitative estimate of drug-likeness (QED) is 0.454. The highest BCUT2D eigenvalue weighted by molar-refractivity contribution is 6.42. The normalized spacial score (nSPS) is 21.1. The minimum atomic E-state index is -1.28. The van der Waals surface area contributed by atoms with Crippen LogP contribution in [0.15, 0.2) is 30.3 Å². The molecular weight excluding hydrogens is 286 g/mol. The Morgan fingerprint density at radius 1 is 1.27 bits per heavy atom. The second kappa shape index (κ2) is 6.48. The SMILES string of the molecule is CCOC(=O)C(=N)C1C(=O)N(Cc2ccccc2)C(=O)C1N. The summed E-state index contributed by atoms with van der Waals surface area (Å²) in [5.74, 6) is -3.44. The van der Waals surface area contributed by atoms with E-state index in [2.05, 4.69) is 0 Å². The number of likely N-dealkylation sites (tertiary alicyclic amines) is 1. The van der Waals surface area contributed by atoms with Crippen molar-refractivity contribution >= 4 is 23.5 Å². The third kappa shape index (κ3) is 2.89. The average Bonchev–Trinajstić information content (AvgIpc) is 2.72. The third-order valence-corrected chi connectivity index (χ3v) is 3.43. The maximum atomic E-state index is 12.4. The van der Waals surface area contributed by atoms with Crippen molar-refractivity contribution in [2.75, 3.05) is 6.61 Å². The van der Waals surface area contributed by atoms with Crippen molar-refractivity contribution < 1.29 is 19.1 Å². The topological polar surface area (TPSA) is 114 Å². The minimum Gasteiger partial charge on any atom is -0.462 e. The van der Waals surface area contributed by atoms with E-state index in [4.69, 9.17) is 15.9 Å². The van der Waals surface area contributed by atoms with Gasteiger partial charge in [-0.15, -0.1) is 0 Å². The van der Waals surface area contributed by atoms with Gasteiger partial charge in [0.2, 0.25) is 11.8 Å². The number of carbonyl (C=O) groups excluding carboxylic acids is 3. The van der Waals surface area contributed by atoms with Gasteiger partial charge in [0.25, 0.3) is 0 Å². The lowest BCUT2D eigenvalue weighted by Crippen LogP contribution is -2.41. The number of esters is 1. The predicted molar refractivity (Wildman–Crippen MR) is 77.8 cm³/mol. The third-order valence-electron chi connectivity index (χ3n) is 3.43. The zero-order valence-electron chi connectivity index (χ0n) is 12.1. The molecule has 0 bridgehead atoms. The van der Waals surface area contributed by atoms with Crippen molar-refractivity contribution in [3.8, 4) is 0 Å². The summed E-state index contributed by atoms with van der Waals surface area (Å²) < 4.78 is 4.70. The summed E-state index contributed by atoms with van der Waals surface area (Å²) >= 11 is 0. The van der Waals surface area contributed by atoms with Gasteiger partial charge >= 0.3 is 5.97 Å². The summed E-state index contributed by atoms with van der Waals surface area (Å²) in [5.41, 5.74) is 5.91. The molecule has 0 spiro atoms. The Labute approximate surface area is 127 Å². The zero-order valence-corrected chi connectivity index (χ0v) is 12.1. The number of nitrogens with zero attached hydrogens (tertiary/aromatic N) is 1. The van der Waals surface area contributed by atoms with Crippen LogP contribution in [0.2, 0.25) is 0 Å². The van der Waals surface area contributed by atoms with Gasteiger partial charge in [-0.1, -0.05) is 30.3 Å². The molecule has 2 atom stereocenters. The van der Waals surface area contributed by atoms with Gasteiger partial charge in [0.15, 0.2) is 0 Å². The van der Waals surface area contributed by atoms with Gasteiger partial charge in [0, 0.05) is 0 Å². The summed E-state index contributed by atoms with van der Waals surface area (Å²) in [6.45, 7) is 1.74. The number of amides is 2. The summed E-state index contributed by atoms with van der Waals surface area (Å²) in [4.78, 5) is 37.1. The van der Waals surface area contributed by atoms with Crippen molar-refractivity contribution in [2.24, 2.45) is 11.7 Å². The maximum Gasteiger partial charge on any atom is 0.352 e. The first kappa shape index (κ1) is 15.8. The van der Waals surface area contributed by atoms with E-state index < -0.39 is 35.5 Å². The van der Waals surface area contributed by atoms with Gasteiger partial charge in [-0.05, 0) is 12.5 Å². The highest BCUT2D eigenvalue weighted by Crippen LogP contribution is 2.22. The van der Waals surface area contributed by atoms with E-state index in [0.29, 0.717) is 0 Å². The first-order valence-corrected chi connectivity index (χ1v) is 6.87. The van der Waals surface area contributed by atoms with Crippen LogP contribution < -0.4 is 5.73 Å². The highest BCUT2D eigenvalue weighted by Gasteiger charge is 2.49. The molecule has 2 amide bonds. The summed E-state index contributed by atoms with van der Waals surface area (Å²) in [6.07, 6.45) is 0. The van der Waals surface area contributed by atoms with Gasteiger partial charge in [-0.25, -0.2) is 4.79 Å². The Morgan fingerprint density at radius 3 is 2.50 bits per heavy atom. The van der Waals surface area contributed by atoms with E-state index in [-0.39, 0.29) is 13.2 Å². The molecule has 1 aromatic rings. The number of hydrogen-bond acceptors (Lipinski definition) is 6. The molecule has 0 aromatic heterocycles. The molecule has 1 aromatic carbocycles. The minimum absolute atomic E-state index is 0.0683. The van der Waals surface area contributed by atoms with Crippen molar-refractivity contribution in [3.05, 3.63) is 35.9 Å². The van der Waals surface area contributed by atoms with Gasteiger partial charge in [0.05, 0.1) is 13.2 Å². The summed E-state index contributed by atoms with van der Waals surface area (Å²) in [5, 5.41) is 7.76. The molecule has 0 saturated carbocycles. The zero-order chi connectivity index (χ0) is 16.3. The van der Waals surface area contributed by atoms with E-state index in [1.807, 2.05) is 6.07 Å². The molecule has 116 valence electrons. The van der Waals surface area contributed by atoms with E-state index in [1.165, 1.54) is 0 Å². The number of benzene rings is 1. The number of nitrogens with one attached hydrogen (secondary N) is 1. The maximum absolute atomic E-state index is 12.4. The van der Waals surface area contributed by atoms with Gasteiger partial charge in [-0.3, -0.25) is 19.9 Å². The van der Waals surface area contributed by atoms with Crippen LogP contribution in [0.5, 0.6) is 0 Å². The van der Waals surface area contributed by atoms with Gasteiger partial charge in [0.1, 0.15) is 17.7 Å². The van der Waals surface area contributed by atoms with Crippen LogP contribution >= 0.6 is 0 Å². The molecule has 7 nitrogen and oxygen atoms in total. The fourth-order valence-corrected chi connectivity index (χ4v) is 2.31. The van der Waals surface area contributed by atoms with Crippen LogP contribution in [0, 0.1) is 11.3 Å². The number of nitrogens with two attached hydrogens (primary N) is 1. The standard InChI is InChI=1S/C15H17N3O4/c1-2-22-15(21)12(17)10-11(16)14(20)18(13(10)19)8-9-6-4-3-5-7-9/h3-7,10-11,17H,2,8,16H2,1H3. The Hall–Kier alpha value is -2.54. The summed E-state index contributed by atoms with van der Waals surface area (Å²) in [6, 6.07) is 7.72. The van der Waals surface area contributed by atoms with Crippen molar-refractivity contribution in [1.29, 1.82) is 5.41 Å². The molecule has 3 N–H and O–H groups in total. The van der Waals surface area contributed by atoms with Crippen molar-refractivity contribution in [2.45, 2.75) is 19.5 Å². The molecule has 7 heteroatoms. The second-order valence-corrected chi connectivity index (χ2v) is 4.89. The average molecular weight is 303 g/mol. The van der Waals surface area contributed by atoms with Crippen LogP contribution in [0.25, 0.3) is 0 Å². The molecule has 1 saturated heterocycles. The summed E-state index contributed by atoms with van der Waals surface area (Å²) in [7, 11) is 0. The first-order chi connectivity index (χ1) is 10.5. The monoisotopic (exact) mass is 303 g/mol. The Morgan fingerprint density at radius 2 is 1.91 bits per heavy atom. The van der Waals surface area contributed by atoms with E-state index in [9.17, 15) is 14.4 Å². The molecule has 2 rings (SSSR count). The molecule has 0 aliphatic carbocycles. The number of carbonyl (C=O) groups is 3. The largest absolute Gasteiger partial charge is 0.462 e. The molecule has 1 fully saturated rings. The number of ether oxygens (including phenoxy) is 1. The van der Waals surface area contributed by atoms with Gasteiger partial charge < -0.3 is 10.5 Å². The molecule has 22 heavy (non-hydrogen) atoms. The second-order valence-electron chi connectivity index (χ2n) is 4.89. The van der Waals surface area contributed by atoms with Crippen LogP contribution in [-0.2, 0) is 25.7 Å². The first-order valence-electron chi connectivity index (χ1n) is 6.87. The fourth-order valence-electron chi connectivity index (χ4n) is 2.31. The molecule has 0 radical (unpaired) electrons. The number of rotatable bonds is 5. The molecular formula is C15H17N3O4. The molecule has 1 aliphatic heterocycles. The van der Waals surface area contributed by atoms with E-state index in [0.717, 1.165) is 10.5 Å². The van der Waals surface area contributed by atoms with Crippen molar-refractivity contribution in [3.63, 3.8) is 0 Å². The molecule has 1 aliphatic rings. The Balaban J connectivity index is 2.19. The highest BCUT2D eigenvalue weighted by atomic mass is 16.5. The Bertz CT molecular complexity index is 614. The van der Waals surface area contributed by atoms with Crippen molar-refractivity contribution in [1.82, 2.24) is 4.90 Å². The molecule has 1 heterocycles. The van der Waals surface area contributed by atoms with E-state index >= 15 is 0 Å². The lowest BCUT2D eigenvalue weighted by atomic mass is 9.97. The van der Waals surface area contributed by atoms with Crippen LogP contribution in [0.3, 0.4) is 0 Å². The smallest absolute Gasteiger partial charge is 0.352 e. The molecule has 2 unspecified atom stereocenters. The van der Waals surface area contributed by atoms with Crippen LogP contribution in [0.4, 0.5) is 0 Å². The van der Waals surface area contributed by atoms with E-state index in [1.54, 1.807) is 31.2 Å². The van der Waals surface area contributed by atoms with Crippen LogP contribution in [0.1, 0.15) is 12.5 Å². The fraction of sp³-hybridized carbons (Fsp3) is 0.333. The number of hydrogen-bond donors (Lipinski definition) is 2. The Kier molecular flexibility index (Phi) is 4.67.